The van der Waals surface area contributed by atoms with Crippen molar-refractivity contribution in [1.29, 1.82) is 0 Å². The van der Waals surface area contributed by atoms with Gasteiger partial charge in [0.25, 0.3) is 11.5 Å². The van der Waals surface area contributed by atoms with Gasteiger partial charge in [-0.1, -0.05) is 26.7 Å². The van der Waals surface area contributed by atoms with Gasteiger partial charge in [-0.05, 0) is 37.2 Å². The molecule has 2 aliphatic carbocycles. The SMILES string of the molecule is C[C@@H]1CC(=O)c2cc(C(=O)N[C@@H]3CCCC[C@@H]3C)c(=O)[nH]c2C1. The first-order valence-electron chi connectivity index (χ1n) is 8.56. The van der Waals surface area contributed by atoms with Crippen LogP contribution in [0.25, 0.3) is 0 Å². The number of ketones is 1. The highest BCUT2D eigenvalue weighted by molar-refractivity contribution is 6.01. The molecule has 5 nitrogen and oxygen atoms in total. The Kier molecular flexibility index (Phi) is 4.37. The number of nitrogens with one attached hydrogen (secondary N) is 2. The molecular weight excluding hydrogens is 292 g/mol. The minimum Gasteiger partial charge on any atom is -0.349 e. The monoisotopic (exact) mass is 316 g/mol. The second kappa shape index (κ2) is 6.30. The largest absolute Gasteiger partial charge is 0.349 e. The van der Waals surface area contributed by atoms with Crippen LogP contribution in [0, 0.1) is 11.8 Å². The van der Waals surface area contributed by atoms with E-state index in [0.717, 1.165) is 19.3 Å². The first kappa shape index (κ1) is 16.0. The number of hydrogen-bond donors (Lipinski definition) is 2. The highest BCUT2D eigenvalue weighted by Crippen LogP contribution is 2.25. The van der Waals surface area contributed by atoms with Crippen LogP contribution in [0.3, 0.4) is 0 Å². The number of Topliss-reactive ketones (excluding diaryl/α,β-unsaturated/α-hetero) is 1. The van der Waals surface area contributed by atoms with Crippen molar-refractivity contribution in [3.05, 3.63) is 33.2 Å². The van der Waals surface area contributed by atoms with Crippen molar-refractivity contribution in [2.75, 3.05) is 0 Å². The summed E-state index contributed by atoms with van der Waals surface area (Å²) in [5.74, 6) is 0.301. The predicted octanol–water partition coefficient (Wildman–Crippen LogP) is 2.45. The number of carbonyl (C=O) groups is 2. The van der Waals surface area contributed by atoms with Crippen molar-refractivity contribution >= 4 is 11.7 Å². The number of amides is 1. The fraction of sp³-hybridized carbons (Fsp3) is 0.611. The first-order chi connectivity index (χ1) is 11.0. The lowest BCUT2D eigenvalue weighted by Crippen LogP contribution is -2.43. The zero-order valence-electron chi connectivity index (χ0n) is 13.8. The van der Waals surface area contributed by atoms with Crippen molar-refractivity contribution in [1.82, 2.24) is 10.3 Å². The smallest absolute Gasteiger partial charge is 0.261 e. The fourth-order valence-corrected chi connectivity index (χ4v) is 3.77. The molecule has 1 aromatic rings. The summed E-state index contributed by atoms with van der Waals surface area (Å²) >= 11 is 0. The summed E-state index contributed by atoms with van der Waals surface area (Å²) in [5, 5.41) is 2.99. The highest BCUT2D eigenvalue weighted by atomic mass is 16.2. The van der Waals surface area contributed by atoms with Gasteiger partial charge < -0.3 is 10.3 Å². The summed E-state index contributed by atoms with van der Waals surface area (Å²) in [4.78, 5) is 39.7. The van der Waals surface area contributed by atoms with Crippen molar-refractivity contribution < 1.29 is 9.59 Å². The van der Waals surface area contributed by atoms with Gasteiger partial charge in [-0.15, -0.1) is 0 Å². The Hall–Kier alpha value is -1.91. The lowest BCUT2D eigenvalue weighted by Gasteiger charge is -2.29. The Labute approximate surface area is 135 Å². The zero-order valence-corrected chi connectivity index (χ0v) is 13.8. The molecule has 0 spiro atoms. The van der Waals surface area contributed by atoms with E-state index in [1.165, 1.54) is 12.5 Å². The Morgan fingerprint density at radius 1 is 1.17 bits per heavy atom. The van der Waals surface area contributed by atoms with E-state index in [2.05, 4.69) is 17.2 Å². The van der Waals surface area contributed by atoms with Crippen LogP contribution in [0.1, 0.15) is 72.4 Å². The molecule has 2 aliphatic rings. The molecule has 0 aromatic carbocycles. The van der Waals surface area contributed by atoms with Crippen molar-refractivity contribution in [3.8, 4) is 0 Å². The molecule has 5 heteroatoms. The minimum absolute atomic E-state index is 0.00934. The number of H-pyrrole nitrogens is 1. The van der Waals surface area contributed by atoms with Gasteiger partial charge in [0.15, 0.2) is 5.78 Å². The van der Waals surface area contributed by atoms with E-state index < -0.39 is 5.56 Å². The van der Waals surface area contributed by atoms with E-state index in [1.54, 1.807) is 0 Å². The quantitative estimate of drug-likeness (QED) is 0.879. The Bertz CT molecular complexity index is 692. The molecule has 1 aromatic heterocycles. The average Bonchev–Trinajstić information content (AvgIpc) is 2.48. The van der Waals surface area contributed by atoms with E-state index in [0.29, 0.717) is 30.0 Å². The first-order valence-corrected chi connectivity index (χ1v) is 8.56. The third-order valence-corrected chi connectivity index (χ3v) is 5.18. The second-order valence-electron chi connectivity index (χ2n) is 7.18. The third kappa shape index (κ3) is 3.23. The molecule has 3 atom stereocenters. The van der Waals surface area contributed by atoms with E-state index in [-0.39, 0.29) is 29.2 Å². The standard InChI is InChI=1S/C18H24N2O3/c1-10-7-15-12(16(21)8-10)9-13(18(23)20-15)17(22)19-14-6-4-3-5-11(14)2/h9-11,14H,3-8H2,1-2H3,(H,19,22)(H,20,23)/t10-,11-,14+/m0/s1. The number of hydrogen-bond acceptors (Lipinski definition) is 3. The van der Waals surface area contributed by atoms with Crippen LogP contribution in [0.2, 0.25) is 0 Å². The van der Waals surface area contributed by atoms with Gasteiger partial charge >= 0.3 is 0 Å². The fourth-order valence-electron chi connectivity index (χ4n) is 3.77. The molecule has 0 saturated heterocycles. The minimum atomic E-state index is -0.397. The Balaban J connectivity index is 1.85. The number of pyridine rings is 1. The maximum Gasteiger partial charge on any atom is 0.261 e. The van der Waals surface area contributed by atoms with Crippen molar-refractivity contribution in [2.45, 2.75) is 58.4 Å². The lowest BCUT2D eigenvalue weighted by atomic mass is 9.85. The molecule has 1 heterocycles. The molecule has 1 amide bonds. The van der Waals surface area contributed by atoms with Gasteiger partial charge in [-0.2, -0.15) is 0 Å². The lowest BCUT2D eigenvalue weighted by molar-refractivity contribution is 0.0908. The average molecular weight is 316 g/mol. The number of aromatic amines is 1. The molecule has 23 heavy (non-hydrogen) atoms. The summed E-state index contributed by atoms with van der Waals surface area (Å²) in [6.45, 7) is 4.12. The molecular formula is C18H24N2O3. The van der Waals surface area contributed by atoms with Gasteiger partial charge in [-0.3, -0.25) is 14.4 Å². The Morgan fingerprint density at radius 2 is 1.91 bits per heavy atom. The van der Waals surface area contributed by atoms with Crippen molar-refractivity contribution in [2.24, 2.45) is 11.8 Å². The van der Waals surface area contributed by atoms with Crippen molar-refractivity contribution in [3.63, 3.8) is 0 Å². The maximum absolute atomic E-state index is 12.5. The molecule has 0 unspecified atom stereocenters. The van der Waals surface area contributed by atoms with Gasteiger partial charge in [0.2, 0.25) is 0 Å². The molecule has 0 radical (unpaired) electrons. The Morgan fingerprint density at radius 3 is 2.65 bits per heavy atom. The summed E-state index contributed by atoms with van der Waals surface area (Å²) in [5.41, 5.74) is 0.835. The van der Waals surface area contributed by atoms with Gasteiger partial charge in [-0.25, -0.2) is 0 Å². The van der Waals surface area contributed by atoms with Crippen LogP contribution >= 0.6 is 0 Å². The zero-order chi connectivity index (χ0) is 16.6. The predicted molar refractivity (Wildman–Crippen MR) is 87.8 cm³/mol. The van der Waals surface area contributed by atoms with Crippen LogP contribution in [-0.4, -0.2) is 22.7 Å². The summed E-state index contributed by atoms with van der Waals surface area (Å²) in [6, 6.07) is 1.60. The van der Waals surface area contributed by atoms with Gasteiger partial charge in [0, 0.05) is 23.7 Å². The van der Waals surface area contributed by atoms with Gasteiger partial charge in [0.1, 0.15) is 5.56 Å². The summed E-state index contributed by atoms with van der Waals surface area (Å²) < 4.78 is 0. The number of aromatic nitrogens is 1. The van der Waals surface area contributed by atoms with Crippen LogP contribution in [0.15, 0.2) is 10.9 Å². The van der Waals surface area contributed by atoms with Crippen LogP contribution in [-0.2, 0) is 6.42 Å². The van der Waals surface area contributed by atoms with Crippen LogP contribution in [0.5, 0.6) is 0 Å². The molecule has 124 valence electrons. The van der Waals surface area contributed by atoms with Crippen LogP contribution < -0.4 is 10.9 Å². The molecule has 0 bridgehead atoms. The topological polar surface area (TPSA) is 79.0 Å². The van der Waals surface area contributed by atoms with Crippen LogP contribution in [0.4, 0.5) is 0 Å². The van der Waals surface area contributed by atoms with E-state index in [1.807, 2.05) is 6.92 Å². The molecule has 3 rings (SSSR count). The molecule has 2 N–H and O–H groups in total. The normalized spacial score (nSPS) is 27.4. The second-order valence-corrected chi connectivity index (χ2v) is 7.18. The molecule has 1 fully saturated rings. The van der Waals surface area contributed by atoms with Gasteiger partial charge in [0.05, 0.1) is 0 Å². The van der Waals surface area contributed by atoms with E-state index >= 15 is 0 Å². The number of fused-ring (bicyclic) bond motifs is 1. The molecule has 0 aliphatic heterocycles. The summed E-state index contributed by atoms with van der Waals surface area (Å²) in [7, 11) is 0. The highest BCUT2D eigenvalue weighted by Gasteiger charge is 2.28. The van der Waals surface area contributed by atoms with E-state index in [9.17, 15) is 14.4 Å². The third-order valence-electron chi connectivity index (χ3n) is 5.18. The maximum atomic E-state index is 12.5. The summed E-state index contributed by atoms with van der Waals surface area (Å²) in [6.07, 6.45) is 5.50. The number of carbonyl (C=O) groups excluding carboxylic acids is 2. The van der Waals surface area contributed by atoms with E-state index in [4.69, 9.17) is 0 Å². The molecule has 1 saturated carbocycles. The number of rotatable bonds is 2.